The molecule has 0 N–H and O–H groups in total. The average Bonchev–Trinajstić information content (AvgIpc) is 2.95. The van der Waals surface area contributed by atoms with Crippen LogP contribution in [-0.4, -0.2) is 89.0 Å². The van der Waals surface area contributed by atoms with Crippen LogP contribution in [0.25, 0.3) is 0 Å². The van der Waals surface area contributed by atoms with E-state index in [1.165, 1.54) is 0 Å². The van der Waals surface area contributed by atoms with Gasteiger partial charge in [0.2, 0.25) is 0 Å². The second kappa shape index (κ2) is 7.48. The zero-order valence-corrected chi connectivity index (χ0v) is 14.9. The van der Waals surface area contributed by atoms with E-state index in [4.69, 9.17) is 4.74 Å². The van der Waals surface area contributed by atoms with Crippen molar-refractivity contribution in [1.29, 1.82) is 0 Å². The molecule has 0 bridgehead atoms. The fraction of sp³-hybridized carbons (Fsp3) is 0.812. The van der Waals surface area contributed by atoms with E-state index < -0.39 is 0 Å². The Morgan fingerprint density at radius 2 is 1.96 bits per heavy atom. The van der Waals surface area contributed by atoms with Gasteiger partial charge in [-0.25, -0.2) is 4.79 Å². The minimum atomic E-state index is 0.138. The van der Waals surface area contributed by atoms with Crippen LogP contribution >= 0.6 is 0 Å². The molecule has 0 spiro atoms. The second-order valence-electron chi connectivity index (χ2n) is 6.94. The molecule has 8 nitrogen and oxygen atoms in total. The number of hydrogen-bond donors (Lipinski definition) is 0. The van der Waals surface area contributed by atoms with E-state index in [-0.39, 0.29) is 11.9 Å². The molecule has 0 radical (unpaired) electrons. The Hall–Kier alpha value is -1.67. The molecule has 134 valence electrons. The van der Waals surface area contributed by atoms with Crippen LogP contribution in [0.2, 0.25) is 0 Å². The number of piperidine rings is 1. The number of rotatable bonds is 3. The van der Waals surface area contributed by atoms with E-state index >= 15 is 0 Å². The molecule has 8 heteroatoms. The summed E-state index contributed by atoms with van der Waals surface area (Å²) in [7, 11) is 6.08. The summed E-state index contributed by atoms with van der Waals surface area (Å²) in [5.74, 6) is 2.22. The number of aromatic nitrogens is 3. The summed E-state index contributed by atoms with van der Waals surface area (Å²) in [4.78, 5) is 18.7. The van der Waals surface area contributed by atoms with Crippen LogP contribution in [0, 0.1) is 0 Å². The van der Waals surface area contributed by atoms with Gasteiger partial charge < -0.3 is 24.0 Å². The number of morpholine rings is 1. The first-order valence-corrected chi connectivity index (χ1v) is 8.70. The largest absolute Gasteiger partial charge is 0.378 e. The van der Waals surface area contributed by atoms with Crippen LogP contribution in [0.4, 0.5) is 4.79 Å². The van der Waals surface area contributed by atoms with Gasteiger partial charge in [0.25, 0.3) is 0 Å². The summed E-state index contributed by atoms with van der Waals surface area (Å²) in [6, 6.07) is 0.138. The first-order chi connectivity index (χ1) is 11.6. The Labute approximate surface area is 143 Å². The molecule has 2 saturated heterocycles. The minimum Gasteiger partial charge on any atom is -0.378 e. The Balaban J connectivity index is 1.67. The molecule has 3 rings (SSSR count). The highest BCUT2D eigenvalue weighted by Crippen LogP contribution is 2.26. The lowest BCUT2D eigenvalue weighted by molar-refractivity contribution is 0.0407. The lowest BCUT2D eigenvalue weighted by Gasteiger charge is -2.37. The molecule has 0 aliphatic carbocycles. The molecule has 1 atom stereocenters. The quantitative estimate of drug-likeness (QED) is 0.804. The molecule has 2 amide bonds. The number of carbonyl (C=O) groups is 1. The SMILES string of the molecule is CN(C)Cc1nnc([C@@H]2CCCN(C(=O)N3CCOCC3)C2)n1C. The predicted molar refractivity (Wildman–Crippen MR) is 89.7 cm³/mol. The maximum atomic E-state index is 12.7. The van der Waals surface area contributed by atoms with Gasteiger partial charge in [-0.2, -0.15) is 0 Å². The van der Waals surface area contributed by atoms with E-state index in [0.717, 1.165) is 44.1 Å². The van der Waals surface area contributed by atoms with Crippen molar-refractivity contribution < 1.29 is 9.53 Å². The van der Waals surface area contributed by atoms with Crippen molar-refractivity contribution in [2.24, 2.45) is 7.05 Å². The molecular weight excluding hydrogens is 308 g/mol. The Kier molecular flexibility index (Phi) is 5.35. The highest BCUT2D eigenvalue weighted by Gasteiger charge is 2.31. The summed E-state index contributed by atoms with van der Waals surface area (Å²) in [5, 5.41) is 8.75. The van der Waals surface area contributed by atoms with Gasteiger partial charge in [0, 0.05) is 39.1 Å². The standard InChI is InChI=1S/C16H28N6O2/c1-19(2)12-14-17-18-15(20(14)3)13-5-4-6-22(11-13)16(23)21-7-9-24-10-8-21/h13H,4-12H2,1-3H3/t13-/m1/s1. The third-order valence-electron chi connectivity index (χ3n) is 4.80. The summed E-state index contributed by atoms with van der Waals surface area (Å²) >= 11 is 0. The lowest BCUT2D eigenvalue weighted by Crippen LogP contribution is -2.50. The third-order valence-corrected chi connectivity index (χ3v) is 4.80. The normalized spacial score (nSPS) is 22.2. The molecule has 1 aromatic rings. The Morgan fingerprint density at radius 1 is 1.21 bits per heavy atom. The van der Waals surface area contributed by atoms with Crippen molar-refractivity contribution in [2.75, 3.05) is 53.5 Å². The van der Waals surface area contributed by atoms with E-state index in [1.807, 2.05) is 30.9 Å². The summed E-state index contributed by atoms with van der Waals surface area (Å²) < 4.78 is 7.43. The maximum Gasteiger partial charge on any atom is 0.320 e. The molecule has 3 heterocycles. The maximum absolute atomic E-state index is 12.7. The number of carbonyl (C=O) groups excluding carboxylic acids is 1. The van der Waals surface area contributed by atoms with Gasteiger partial charge in [0.1, 0.15) is 11.6 Å². The number of urea groups is 1. The van der Waals surface area contributed by atoms with Crippen LogP contribution in [0.1, 0.15) is 30.4 Å². The van der Waals surface area contributed by atoms with Crippen LogP contribution in [0.3, 0.4) is 0 Å². The predicted octanol–water partition coefficient (Wildman–Crippen LogP) is 0.508. The van der Waals surface area contributed by atoms with Gasteiger partial charge in [-0.15, -0.1) is 10.2 Å². The van der Waals surface area contributed by atoms with Crippen LogP contribution in [0.15, 0.2) is 0 Å². The molecule has 0 unspecified atom stereocenters. The highest BCUT2D eigenvalue weighted by atomic mass is 16.5. The Morgan fingerprint density at radius 3 is 2.67 bits per heavy atom. The van der Waals surface area contributed by atoms with E-state index in [9.17, 15) is 4.79 Å². The first-order valence-electron chi connectivity index (χ1n) is 8.70. The van der Waals surface area contributed by atoms with E-state index in [0.29, 0.717) is 26.3 Å². The fourth-order valence-corrected chi connectivity index (χ4v) is 3.47. The zero-order chi connectivity index (χ0) is 17.1. The van der Waals surface area contributed by atoms with Gasteiger partial charge in [-0.05, 0) is 26.9 Å². The number of nitrogens with zero attached hydrogens (tertiary/aromatic N) is 6. The molecule has 24 heavy (non-hydrogen) atoms. The smallest absolute Gasteiger partial charge is 0.320 e. The van der Waals surface area contributed by atoms with Crippen LogP contribution < -0.4 is 0 Å². The summed E-state index contributed by atoms with van der Waals surface area (Å²) in [6.45, 7) is 4.99. The molecule has 1 aromatic heterocycles. The number of likely N-dealkylation sites (tertiary alicyclic amines) is 1. The topological polar surface area (TPSA) is 66.7 Å². The van der Waals surface area contributed by atoms with Gasteiger partial charge in [0.15, 0.2) is 0 Å². The van der Waals surface area contributed by atoms with E-state index in [2.05, 4.69) is 19.7 Å². The lowest BCUT2D eigenvalue weighted by atomic mass is 9.97. The molecule has 2 aliphatic heterocycles. The number of amides is 2. The van der Waals surface area contributed by atoms with Crippen molar-refractivity contribution in [3.8, 4) is 0 Å². The summed E-state index contributed by atoms with van der Waals surface area (Å²) in [5.41, 5.74) is 0. The molecule has 0 aromatic carbocycles. The van der Waals surface area contributed by atoms with Crippen molar-refractivity contribution in [3.05, 3.63) is 11.6 Å². The molecule has 0 saturated carbocycles. The first kappa shape index (κ1) is 17.2. The van der Waals surface area contributed by atoms with Gasteiger partial charge in [0.05, 0.1) is 19.8 Å². The average molecular weight is 336 g/mol. The van der Waals surface area contributed by atoms with E-state index in [1.54, 1.807) is 0 Å². The highest BCUT2D eigenvalue weighted by molar-refractivity contribution is 5.74. The minimum absolute atomic E-state index is 0.138. The molecular formula is C16H28N6O2. The van der Waals surface area contributed by atoms with Crippen molar-refractivity contribution in [2.45, 2.75) is 25.3 Å². The molecule has 2 fully saturated rings. The summed E-state index contributed by atoms with van der Waals surface area (Å²) in [6.07, 6.45) is 2.07. The third kappa shape index (κ3) is 3.70. The van der Waals surface area contributed by atoms with Crippen LogP contribution in [0.5, 0.6) is 0 Å². The van der Waals surface area contributed by atoms with Crippen molar-refractivity contribution in [3.63, 3.8) is 0 Å². The molecule has 2 aliphatic rings. The second-order valence-corrected chi connectivity index (χ2v) is 6.94. The van der Waals surface area contributed by atoms with Crippen molar-refractivity contribution >= 4 is 6.03 Å². The fourth-order valence-electron chi connectivity index (χ4n) is 3.47. The Bertz CT molecular complexity index is 567. The van der Waals surface area contributed by atoms with Crippen LogP contribution in [-0.2, 0) is 18.3 Å². The van der Waals surface area contributed by atoms with Gasteiger partial charge in [-0.3, -0.25) is 0 Å². The van der Waals surface area contributed by atoms with Gasteiger partial charge >= 0.3 is 6.03 Å². The van der Waals surface area contributed by atoms with Gasteiger partial charge in [-0.1, -0.05) is 0 Å². The zero-order valence-electron chi connectivity index (χ0n) is 14.9. The number of ether oxygens (including phenoxy) is 1. The number of hydrogen-bond acceptors (Lipinski definition) is 5. The monoisotopic (exact) mass is 336 g/mol. The van der Waals surface area contributed by atoms with Crippen molar-refractivity contribution in [1.82, 2.24) is 29.5 Å².